The van der Waals surface area contributed by atoms with Crippen LogP contribution in [0.2, 0.25) is 0 Å². The van der Waals surface area contributed by atoms with Gasteiger partial charge in [-0.2, -0.15) is 0 Å². The van der Waals surface area contributed by atoms with E-state index in [9.17, 15) is 13.2 Å². The largest absolute Gasteiger partial charge is 0.381 e. The standard InChI is InChI=1S/C16H24N2O4S/c1-12(22-2)11-16(19)17-13-7-9-15(10-8-13)23(20,21)18-14-5-3-4-6-14/h7-10,12,14,18H,3-6,11H2,1-2H3,(H,17,19)/t12-/m0/s1. The van der Waals surface area contributed by atoms with Gasteiger partial charge in [0.15, 0.2) is 0 Å². The maximum Gasteiger partial charge on any atom is 0.240 e. The molecule has 0 saturated heterocycles. The van der Waals surface area contributed by atoms with E-state index >= 15 is 0 Å². The lowest BCUT2D eigenvalue weighted by atomic mass is 10.2. The summed E-state index contributed by atoms with van der Waals surface area (Å²) in [6.45, 7) is 1.81. The molecule has 23 heavy (non-hydrogen) atoms. The van der Waals surface area contributed by atoms with Crippen molar-refractivity contribution in [3.05, 3.63) is 24.3 Å². The summed E-state index contributed by atoms with van der Waals surface area (Å²) in [5.74, 6) is -0.168. The number of sulfonamides is 1. The van der Waals surface area contributed by atoms with E-state index in [1.807, 2.05) is 6.92 Å². The minimum atomic E-state index is -3.49. The number of ether oxygens (including phenoxy) is 1. The van der Waals surface area contributed by atoms with Gasteiger partial charge in [-0.3, -0.25) is 4.79 Å². The van der Waals surface area contributed by atoms with Gasteiger partial charge in [0.1, 0.15) is 0 Å². The zero-order chi connectivity index (χ0) is 16.9. The molecular weight excluding hydrogens is 316 g/mol. The number of amides is 1. The number of hydrogen-bond acceptors (Lipinski definition) is 4. The highest BCUT2D eigenvalue weighted by Crippen LogP contribution is 2.21. The summed E-state index contributed by atoms with van der Waals surface area (Å²) in [6.07, 6.45) is 4.01. The first kappa shape index (κ1) is 17.9. The molecule has 0 aromatic heterocycles. The molecule has 1 saturated carbocycles. The topological polar surface area (TPSA) is 84.5 Å². The minimum Gasteiger partial charge on any atom is -0.381 e. The van der Waals surface area contributed by atoms with Gasteiger partial charge < -0.3 is 10.1 Å². The number of nitrogens with one attached hydrogen (secondary N) is 2. The van der Waals surface area contributed by atoms with Gasteiger partial charge in [0.05, 0.1) is 17.4 Å². The summed E-state index contributed by atoms with van der Waals surface area (Å²) in [6, 6.07) is 6.24. The summed E-state index contributed by atoms with van der Waals surface area (Å²) in [5, 5.41) is 2.72. The molecule has 1 amide bonds. The van der Waals surface area contributed by atoms with Crippen LogP contribution in [0.4, 0.5) is 5.69 Å². The maximum atomic E-state index is 12.3. The van der Waals surface area contributed by atoms with Crippen LogP contribution < -0.4 is 10.0 Å². The highest BCUT2D eigenvalue weighted by molar-refractivity contribution is 7.89. The molecule has 128 valence electrons. The molecule has 6 nitrogen and oxygen atoms in total. The van der Waals surface area contributed by atoms with Crippen LogP contribution in [0.5, 0.6) is 0 Å². The molecule has 1 aromatic rings. The molecular formula is C16H24N2O4S. The van der Waals surface area contributed by atoms with E-state index in [1.165, 1.54) is 12.1 Å². The normalized spacial score (nSPS) is 17.1. The SMILES string of the molecule is CO[C@@H](C)CC(=O)Nc1ccc(S(=O)(=O)NC2CCCC2)cc1. The van der Waals surface area contributed by atoms with Crippen LogP contribution in [0.3, 0.4) is 0 Å². The van der Waals surface area contributed by atoms with Crippen LogP contribution in [0.25, 0.3) is 0 Å². The van der Waals surface area contributed by atoms with Crippen molar-refractivity contribution in [1.82, 2.24) is 4.72 Å². The highest BCUT2D eigenvalue weighted by Gasteiger charge is 2.22. The molecule has 0 bridgehead atoms. The maximum absolute atomic E-state index is 12.3. The van der Waals surface area contributed by atoms with E-state index < -0.39 is 10.0 Å². The molecule has 1 fully saturated rings. The molecule has 0 radical (unpaired) electrons. The number of benzene rings is 1. The molecule has 0 aliphatic heterocycles. The average Bonchev–Trinajstić information content (AvgIpc) is 2.99. The number of rotatable bonds is 7. The third kappa shape index (κ3) is 5.30. The van der Waals surface area contributed by atoms with Crippen molar-refractivity contribution >= 4 is 21.6 Å². The van der Waals surface area contributed by atoms with Gasteiger partial charge in [0.25, 0.3) is 0 Å². The molecule has 2 rings (SSSR count). The second-order valence-corrected chi connectivity index (χ2v) is 7.64. The van der Waals surface area contributed by atoms with Gasteiger partial charge in [-0.25, -0.2) is 13.1 Å². The van der Waals surface area contributed by atoms with Crippen molar-refractivity contribution in [3.8, 4) is 0 Å². The lowest BCUT2D eigenvalue weighted by Gasteiger charge is -2.13. The molecule has 1 aliphatic rings. The Morgan fingerprint density at radius 2 is 1.87 bits per heavy atom. The second-order valence-electron chi connectivity index (χ2n) is 5.93. The fourth-order valence-electron chi connectivity index (χ4n) is 2.60. The van der Waals surface area contributed by atoms with Gasteiger partial charge >= 0.3 is 0 Å². The first-order valence-corrected chi connectivity index (χ1v) is 9.34. The van der Waals surface area contributed by atoms with Gasteiger partial charge in [-0.05, 0) is 44.0 Å². The number of hydrogen-bond donors (Lipinski definition) is 2. The van der Waals surface area contributed by atoms with Gasteiger partial charge in [0, 0.05) is 18.8 Å². The van der Waals surface area contributed by atoms with Crippen molar-refractivity contribution in [2.75, 3.05) is 12.4 Å². The van der Waals surface area contributed by atoms with E-state index in [0.29, 0.717) is 5.69 Å². The number of methoxy groups -OCH3 is 1. The lowest BCUT2D eigenvalue weighted by Crippen LogP contribution is -2.32. The lowest BCUT2D eigenvalue weighted by molar-refractivity contribution is -0.118. The Labute approximate surface area is 137 Å². The van der Waals surface area contributed by atoms with Crippen molar-refractivity contribution in [3.63, 3.8) is 0 Å². The summed E-state index contributed by atoms with van der Waals surface area (Å²) in [7, 11) is -1.94. The van der Waals surface area contributed by atoms with Crippen molar-refractivity contribution in [1.29, 1.82) is 0 Å². The zero-order valence-corrected chi connectivity index (χ0v) is 14.4. The Kier molecular flexibility index (Phi) is 6.15. The predicted octanol–water partition coefficient (Wildman–Crippen LogP) is 2.27. The molecule has 0 spiro atoms. The molecule has 1 atom stereocenters. The van der Waals surface area contributed by atoms with Crippen molar-refractivity contribution < 1.29 is 17.9 Å². The van der Waals surface area contributed by atoms with Gasteiger partial charge in [-0.15, -0.1) is 0 Å². The number of anilines is 1. The molecule has 2 N–H and O–H groups in total. The Bertz CT molecular complexity index is 622. The number of carbonyl (C=O) groups is 1. The van der Waals surface area contributed by atoms with Gasteiger partial charge in [0.2, 0.25) is 15.9 Å². The van der Waals surface area contributed by atoms with Gasteiger partial charge in [-0.1, -0.05) is 12.8 Å². The van der Waals surface area contributed by atoms with E-state index in [2.05, 4.69) is 10.0 Å². The molecule has 1 aliphatic carbocycles. The summed E-state index contributed by atoms with van der Waals surface area (Å²) in [4.78, 5) is 12.0. The van der Waals surface area contributed by atoms with Crippen LogP contribution in [-0.4, -0.2) is 33.6 Å². The molecule has 0 heterocycles. The summed E-state index contributed by atoms with van der Waals surface area (Å²) < 4.78 is 32.4. The Balaban J connectivity index is 1.96. The van der Waals surface area contributed by atoms with E-state index in [4.69, 9.17) is 4.74 Å². The molecule has 7 heteroatoms. The number of carbonyl (C=O) groups excluding carboxylic acids is 1. The predicted molar refractivity (Wildman–Crippen MR) is 88.7 cm³/mol. The Hall–Kier alpha value is -1.44. The van der Waals surface area contributed by atoms with Crippen molar-refractivity contribution in [2.45, 2.75) is 56.1 Å². The van der Waals surface area contributed by atoms with Crippen LogP contribution >= 0.6 is 0 Å². The third-order valence-electron chi connectivity index (χ3n) is 4.00. The molecule has 0 unspecified atom stereocenters. The monoisotopic (exact) mass is 340 g/mol. The fourth-order valence-corrected chi connectivity index (χ4v) is 3.91. The van der Waals surface area contributed by atoms with Crippen LogP contribution in [0.15, 0.2) is 29.2 Å². The van der Waals surface area contributed by atoms with Crippen molar-refractivity contribution in [2.24, 2.45) is 0 Å². The Morgan fingerprint density at radius 3 is 2.43 bits per heavy atom. The minimum absolute atomic E-state index is 0.0370. The summed E-state index contributed by atoms with van der Waals surface area (Å²) in [5.41, 5.74) is 0.568. The van der Waals surface area contributed by atoms with E-state index in [0.717, 1.165) is 25.7 Å². The fraction of sp³-hybridized carbons (Fsp3) is 0.562. The average molecular weight is 340 g/mol. The second kappa shape index (κ2) is 7.90. The van der Waals surface area contributed by atoms with Crippen LogP contribution in [0.1, 0.15) is 39.0 Å². The highest BCUT2D eigenvalue weighted by atomic mass is 32.2. The Morgan fingerprint density at radius 1 is 1.26 bits per heavy atom. The zero-order valence-electron chi connectivity index (χ0n) is 13.5. The molecule has 1 aromatic carbocycles. The third-order valence-corrected chi connectivity index (χ3v) is 5.54. The first-order valence-electron chi connectivity index (χ1n) is 7.86. The van der Waals surface area contributed by atoms with Crippen LogP contribution in [0, 0.1) is 0 Å². The smallest absolute Gasteiger partial charge is 0.240 e. The summed E-state index contributed by atoms with van der Waals surface area (Å²) >= 11 is 0. The van der Waals surface area contributed by atoms with E-state index in [-0.39, 0.29) is 29.4 Å². The quantitative estimate of drug-likeness (QED) is 0.797. The van der Waals surface area contributed by atoms with Crippen LogP contribution in [-0.2, 0) is 19.6 Å². The van der Waals surface area contributed by atoms with E-state index in [1.54, 1.807) is 19.2 Å². The first-order chi connectivity index (χ1) is 10.9.